The number of hydrogen-bond acceptors (Lipinski definition) is 6. The lowest BCUT2D eigenvalue weighted by molar-refractivity contribution is -0.148. The number of nitrogens with zero attached hydrogens (tertiary/aromatic N) is 3. The van der Waals surface area contributed by atoms with Crippen LogP contribution in [0.15, 0.2) is 36.4 Å². The lowest BCUT2D eigenvalue weighted by Gasteiger charge is -2.36. The smallest absolute Gasteiger partial charge is 0.307 e. The van der Waals surface area contributed by atoms with Crippen molar-refractivity contribution in [1.82, 2.24) is 4.90 Å². The van der Waals surface area contributed by atoms with Crippen LogP contribution in [0, 0.1) is 0 Å². The van der Waals surface area contributed by atoms with Crippen LogP contribution in [0.1, 0.15) is 45.1 Å². The first-order valence-corrected chi connectivity index (χ1v) is 13.8. The second-order valence-electron chi connectivity index (χ2n) is 9.45. The SMILES string of the molecule is CCC(=O)OC(C)N1C(=O)CCc2ccc(OCCCCN3CCN(c4cccc(Cl)c4Cl)CC3)cc21. The van der Waals surface area contributed by atoms with Gasteiger partial charge in [0.1, 0.15) is 5.75 Å². The molecule has 1 unspecified atom stereocenters. The highest BCUT2D eigenvalue weighted by molar-refractivity contribution is 6.43. The van der Waals surface area contributed by atoms with Gasteiger partial charge in [-0.2, -0.15) is 0 Å². The second-order valence-corrected chi connectivity index (χ2v) is 10.2. The number of hydrogen-bond donors (Lipinski definition) is 0. The molecule has 2 heterocycles. The van der Waals surface area contributed by atoms with Crippen molar-refractivity contribution in [3.8, 4) is 5.75 Å². The number of carbonyl (C=O) groups excluding carboxylic acids is 2. The van der Waals surface area contributed by atoms with E-state index in [1.165, 1.54) is 0 Å². The maximum Gasteiger partial charge on any atom is 0.307 e. The minimum atomic E-state index is -0.649. The van der Waals surface area contributed by atoms with Crippen molar-refractivity contribution in [3.63, 3.8) is 0 Å². The molecule has 0 spiro atoms. The minimum absolute atomic E-state index is 0.0428. The van der Waals surface area contributed by atoms with E-state index < -0.39 is 6.23 Å². The molecule has 1 atom stereocenters. The van der Waals surface area contributed by atoms with Crippen LogP contribution in [0.2, 0.25) is 10.0 Å². The number of anilines is 2. The summed E-state index contributed by atoms with van der Waals surface area (Å²) in [6.45, 7) is 8.91. The molecule has 1 fully saturated rings. The van der Waals surface area contributed by atoms with Gasteiger partial charge in [-0.1, -0.05) is 42.3 Å². The number of ether oxygens (including phenoxy) is 2. The highest BCUT2D eigenvalue weighted by atomic mass is 35.5. The standard InChI is InChI=1S/C28H35Cl2N3O4/c1-3-27(35)37-20(2)33-25-19-22(11-9-21(25)10-12-26(33)34)36-18-5-4-13-31-14-16-32(17-15-31)24-8-6-7-23(29)28(24)30/h6-9,11,19-20H,3-5,10,12-18H2,1-2H3. The average molecular weight is 549 g/mol. The summed E-state index contributed by atoms with van der Waals surface area (Å²) in [4.78, 5) is 30.8. The van der Waals surface area contributed by atoms with Gasteiger partial charge in [0, 0.05) is 45.1 Å². The van der Waals surface area contributed by atoms with Gasteiger partial charge in [0.25, 0.3) is 0 Å². The number of benzene rings is 2. The Morgan fingerprint density at radius 1 is 1.03 bits per heavy atom. The monoisotopic (exact) mass is 547 g/mol. The van der Waals surface area contributed by atoms with Crippen molar-refractivity contribution in [2.75, 3.05) is 49.1 Å². The number of esters is 1. The van der Waals surface area contributed by atoms with E-state index in [4.69, 9.17) is 32.7 Å². The number of aryl methyl sites for hydroxylation is 1. The van der Waals surface area contributed by atoms with Crippen LogP contribution in [0.5, 0.6) is 5.75 Å². The van der Waals surface area contributed by atoms with E-state index in [9.17, 15) is 9.59 Å². The van der Waals surface area contributed by atoms with Crippen LogP contribution in [-0.2, 0) is 20.7 Å². The molecule has 9 heteroatoms. The third-order valence-corrected chi connectivity index (χ3v) is 7.74. The number of amides is 1. The maximum absolute atomic E-state index is 12.6. The fraction of sp³-hybridized carbons (Fsp3) is 0.500. The quantitative estimate of drug-likeness (QED) is 0.287. The van der Waals surface area contributed by atoms with Gasteiger partial charge in [-0.15, -0.1) is 0 Å². The number of carbonyl (C=O) groups is 2. The summed E-state index contributed by atoms with van der Waals surface area (Å²) in [6, 6.07) is 11.6. The molecule has 0 bridgehead atoms. The summed E-state index contributed by atoms with van der Waals surface area (Å²) < 4.78 is 11.5. The molecular weight excluding hydrogens is 513 g/mol. The first-order valence-electron chi connectivity index (χ1n) is 13.1. The summed E-state index contributed by atoms with van der Waals surface area (Å²) >= 11 is 12.6. The zero-order valence-electron chi connectivity index (χ0n) is 21.6. The molecule has 37 heavy (non-hydrogen) atoms. The number of unbranched alkanes of at least 4 members (excludes halogenated alkanes) is 1. The Labute approximate surface area is 229 Å². The van der Waals surface area contributed by atoms with Gasteiger partial charge < -0.3 is 14.4 Å². The largest absolute Gasteiger partial charge is 0.494 e. The van der Waals surface area contributed by atoms with Crippen LogP contribution in [-0.4, -0.2) is 62.3 Å². The Morgan fingerprint density at radius 2 is 1.81 bits per heavy atom. The fourth-order valence-electron chi connectivity index (χ4n) is 4.87. The van der Waals surface area contributed by atoms with Crippen molar-refractivity contribution in [2.24, 2.45) is 0 Å². The van der Waals surface area contributed by atoms with Crippen molar-refractivity contribution in [1.29, 1.82) is 0 Å². The van der Waals surface area contributed by atoms with E-state index in [-0.39, 0.29) is 18.3 Å². The van der Waals surface area contributed by atoms with E-state index in [1.54, 1.807) is 18.7 Å². The van der Waals surface area contributed by atoms with Crippen molar-refractivity contribution < 1.29 is 19.1 Å². The predicted octanol–water partition coefficient (Wildman–Crippen LogP) is 5.55. The van der Waals surface area contributed by atoms with Gasteiger partial charge in [-0.25, -0.2) is 0 Å². The second kappa shape index (κ2) is 12.9. The van der Waals surface area contributed by atoms with E-state index in [0.29, 0.717) is 29.5 Å². The van der Waals surface area contributed by atoms with Gasteiger partial charge in [0.2, 0.25) is 5.91 Å². The Morgan fingerprint density at radius 3 is 2.57 bits per heavy atom. The van der Waals surface area contributed by atoms with Crippen molar-refractivity contribution in [2.45, 2.75) is 52.2 Å². The Hall–Kier alpha value is -2.48. The molecular formula is C28H35Cl2N3O4. The molecule has 1 saturated heterocycles. The Balaban J connectivity index is 1.22. The molecule has 0 radical (unpaired) electrons. The summed E-state index contributed by atoms with van der Waals surface area (Å²) in [5.74, 6) is 0.354. The molecule has 2 aromatic carbocycles. The van der Waals surface area contributed by atoms with E-state index in [0.717, 1.165) is 68.3 Å². The lowest BCUT2D eigenvalue weighted by atomic mass is 10.0. The van der Waals surface area contributed by atoms with Crippen LogP contribution in [0.3, 0.4) is 0 Å². The van der Waals surface area contributed by atoms with Gasteiger partial charge in [-0.05, 0) is 56.5 Å². The van der Waals surface area contributed by atoms with Gasteiger partial charge >= 0.3 is 5.97 Å². The first kappa shape index (κ1) is 27.6. The first-order chi connectivity index (χ1) is 17.9. The maximum atomic E-state index is 12.6. The predicted molar refractivity (Wildman–Crippen MR) is 148 cm³/mol. The molecule has 2 aromatic rings. The number of rotatable bonds is 10. The van der Waals surface area contributed by atoms with E-state index in [2.05, 4.69) is 9.80 Å². The molecule has 200 valence electrons. The van der Waals surface area contributed by atoms with E-state index >= 15 is 0 Å². The lowest BCUT2D eigenvalue weighted by Crippen LogP contribution is -2.46. The molecule has 0 saturated carbocycles. The van der Waals surface area contributed by atoms with Gasteiger partial charge in [-0.3, -0.25) is 19.4 Å². The number of halogens is 2. The number of fused-ring (bicyclic) bond motifs is 1. The molecule has 0 N–H and O–H groups in total. The normalized spacial score (nSPS) is 16.9. The van der Waals surface area contributed by atoms with Crippen LogP contribution in [0.4, 0.5) is 11.4 Å². The highest BCUT2D eigenvalue weighted by Gasteiger charge is 2.30. The highest BCUT2D eigenvalue weighted by Crippen LogP contribution is 2.34. The zero-order chi connectivity index (χ0) is 26.4. The van der Waals surface area contributed by atoms with Gasteiger partial charge in [0.05, 0.1) is 28.0 Å². The van der Waals surface area contributed by atoms with Gasteiger partial charge in [0.15, 0.2) is 6.23 Å². The summed E-state index contributed by atoms with van der Waals surface area (Å²) in [7, 11) is 0. The third-order valence-electron chi connectivity index (χ3n) is 6.93. The summed E-state index contributed by atoms with van der Waals surface area (Å²) in [5.41, 5.74) is 2.83. The molecule has 0 aliphatic carbocycles. The van der Waals surface area contributed by atoms with Crippen LogP contribution >= 0.6 is 23.2 Å². The minimum Gasteiger partial charge on any atom is -0.494 e. The molecule has 7 nitrogen and oxygen atoms in total. The topological polar surface area (TPSA) is 62.3 Å². The average Bonchev–Trinajstić information content (AvgIpc) is 2.90. The van der Waals surface area contributed by atoms with Crippen molar-refractivity contribution in [3.05, 3.63) is 52.0 Å². The van der Waals surface area contributed by atoms with Crippen LogP contribution < -0.4 is 14.5 Å². The third kappa shape index (κ3) is 6.89. The summed E-state index contributed by atoms with van der Waals surface area (Å²) in [6.07, 6.45) is 2.68. The molecule has 2 aliphatic heterocycles. The Bertz CT molecular complexity index is 1100. The number of piperazine rings is 1. The molecule has 2 aliphatic rings. The molecule has 1 amide bonds. The van der Waals surface area contributed by atoms with E-state index in [1.807, 2.05) is 36.4 Å². The zero-order valence-corrected chi connectivity index (χ0v) is 23.1. The van der Waals surface area contributed by atoms with Crippen LogP contribution in [0.25, 0.3) is 0 Å². The molecule has 4 rings (SSSR count). The molecule has 0 aromatic heterocycles. The Kier molecular flexibility index (Phi) is 9.57. The summed E-state index contributed by atoms with van der Waals surface area (Å²) in [5, 5.41) is 1.22. The fourth-order valence-corrected chi connectivity index (χ4v) is 5.28. The van der Waals surface area contributed by atoms with Crippen molar-refractivity contribution >= 4 is 46.5 Å².